The third-order valence-corrected chi connectivity index (χ3v) is 3.34. The number of hydrogen-bond donors (Lipinski definition) is 2. The summed E-state index contributed by atoms with van der Waals surface area (Å²) >= 11 is 0. The highest BCUT2D eigenvalue weighted by Crippen LogP contribution is 2.18. The number of carbonyl (C=O) groups excluding carboxylic acids is 1. The van der Waals surface area contributed by atoms with Crippen LogP contribution in [0.1, 0.15) is 31.9 Å². The summed E-state index contributed by atoms with van der Waals surface area (Å²) in [4.78, 5) is 12.1. The molecular weight excluding hydrogens is 276 g/mol. The lowest BCUT2D eigenvalue weighted by Gasteiger charge is -2.18. The van der Waals surface area contributed by atoms with Gasteiger partial charge in [-0.1, -0.05) is 37.3 Å². The lowest BCUT2D eigenvalue weighted by Crippen LogP contribution is -2.32. The predicted octanol–water partition coefficient (Wildman–Crippen LogP) is 4.36. The third kappa shape index (κ3) is 4.52. The molecule has 2 N–H and O–H groups in total. The molecule has 0 fully saturated rings. The van der Waals surface area contributed by atoms with Crippen LogP contribution in [0.4, 0.5) is 10.5 Å². The van der Waals surface area contributed by atoms with Crippen molar-refractivity contribution in [3.05, 3.63) is 60.2 Å². The first-order valence-electron chi connectivity index (χ1n) is 7.58. The zero-order valence-electron chi connectivity index (χ0n) is 13.0. The number of anilines is 1. The van der Waals surface area contributed by atoms with Gasteiger partial charge in [-0.05, 0) is 43.2 Å². The number of ether oxygens (including phenoxy) is 1. The molecule has 0 aliphatic carbocycles. The minimum Gasteiger partial charge on any atom is -0.494 e. The van der Waals surface area contributed by atoms with Crippen LogP contribution in [-0.4, -0.2) is 12.6 Å². The van der Waals surface area contributed by atoms with E-state index in [0.29, 0.717) is 6.61 Å². The summed E-state index contributed by atoms with van der Waals surface area (Å²) in [6.07, 6.45) is 0.834. The minimum absolute atomic E-state index is 0.00361. The second-order valence-corrected chi connectivity index (χ2v) is 4.93. The Morgan fingerprint density at radius 3 is 2.32 bits per heavy atom. The molecule has 0 saturated heterocycles. The maximum absolute atomic E-state index is 12.1. The fourth-order valence-electron chi connectivity index (χ4n) is 2.23. The minimum atomic E-state index is -0.208. The van der Waals surface area contributed by atoms with Gasteiger partial charge in [0.2, 0.25) is 0 Å². The Balaban J connectivity index is 1.94. The van der Waals surface area contributed by atoms with Crippen molar-refractivity contribution in [3.8, 4) is 5.75 Å². The quantitative estimate of drug-likeness (QED) is 0.832. The molecular formula is C18H22N2O2. The van der Waals surface area contributed by atoms with Crippen molar-refractivity contribution in [2.24, 2.45) is 0 Å². The standard InChI is InChI=1S/C18H22N2O2/c1-3-17(14-8-6-5-7-9-14)20-18(21)19-15-10-12-16(13-11-15)22-4-2/h5-13,17H,3-4H2,1-2H3,(H2,19,20,21)/t17-/m1/s1. The van der Waals surface area contributed by atoms with E-state index in [1.165, 1.54) is 0 Å². The van der Waals surface area contributed by atoms with Crippen molar-refractivity contribution in [3.63, 3.8) is 0 Å². The molecule has 0 spiro atoms. The molecule has 4 heteroatoms. The summed E-state index contributed by atoms with van der Waals surface area (Å²) in [6, 6.07) is 17.1. The van der Waals surface area contributed by atoms with Crippen LogP contribution >= 0.6 is 0 Å². The highest BCUT2D eigenvalue weighted by atomic mass is 16.5. The van der Waals surface area contributed by atoms with Crippen molar-refractivity contribution in [1.82, 2.24) is 5.32 Å². The Morgan fingerprint density at radius 2 is 1.73 bits per heavy atom. The van der Waals surface area contributed by atoms with Gasteiger partial charge >= 0.3 is 6.03 Å². The second kappa shape index (κ2) is 8.08. The molecule has 2 aromatic rings. The Hall–Kier alpha value is -2.49. The summed E-state index contributed by atoms with van der Waals surface area (Å²) in [5, 5.41) is 5.83. The second-order valence-electron chi connectivity index (χ2n) is 4.93. The molecule has 0 aliphatic rings. The summed E-state index contributed by atoms with van der Waals surface area (Å²) in [6.45, 7) is 4.62. The molecule has 22 heavy (non-hydrogen) atoms. The molecule has 0 aromatic heterocycles. The molecule has 0 saturated carbocycles. The van der Waals surface area contributed by atoms with Crippen LogP contribution in [0.15, 0.2) is 54.6 Å². The van der Waals surface area contributed by atoms with E-state index in [9.17, 15) is 4.79 Å². The van der Waals surface area contributed by atoms with Crippen molar-refractivity contribution in [2.45, 2.75) is 26.3 Å². The van der Waals surface area contributed by atoms with Crippen molar-refractivity contribution in [1.29, 1.82) is 0 Å². The number of amides is 2. The molecule has 2 amide bonds. The van der Waals surface area contributed by atoms with E-state index < -0.39 is 0 Å². The summed E-state index contributed by atoms with van der Waals surface area (Å²) in [7, 11) is 0. The van der Waals surface area contributed by atoms with E-state index in [-0.39, 0.29) is 12.1 Å². The number of urea groups is 1. The van der Waals surface area contributed by atoms with Crippen molar-refractivity contribution < 1.29 is 9.53 Å². The third-order valence-electron chi connectivity index (χ3n) is 3.34. The molecule has 0 aliphatic heterocycles. The largest absolute Gasteiger partial charge is 0.494 e. The lowest BCUT2D eigenvalue weighted by atomic mass is 10.1. The van der Waals surface area contributed by atoms with E-state index >= 15 is 0 Å². The number of rotatable bonds is 6. The zero-order valence-corrected chi connectivity index (χ0v) is 13.0. The van der Waals surface area contributed by atoms with Gasteiger partial charge in [0.05, 0.1) is 12.6 Å². The van der Waals surface area contributed by atoms with E-state index in [1.54, 1.807) is 0 Å². The Labute approximate surface area is 131 Å². The van der Waals surface area contributed by atoms with Crippen LogP contribution in [0.25, 0.3) is 0 Å². The van der Waals surface area contributed by atoms with E-state index in [4.69, 9.17) is 4.74 Å². The fourth-order valence-corrected chi connectivity index (χ4v) is 2.23. The zero-order chi connectivity index (χ0) is 15.8. The lowest BCUT2D eigenvalue weighted by molar-refractivity contribution is 0.248. The highest BCUT2D eigenvalue weighted by molar-refractivity contribution is 5.89. The predicted molar refractivity (Wildman–Crippen MR) is 89.2 cm³/mol. The van der Waals surface area contributed by atoms with Gasteiger partial charge in [0.1, 0.15) is 5.75 Å². The molecule has 116 valence electrons. The SMILES string of the molecule is CCOc1ccc(NC(=O)N[C@H](CC)c2ccccc2)cc1. The summed E-state index contributed by atoms with van der Waals surface area (Å²) in [5.74, 6) is 0.796. The molecule has 4 nitrogen and oxygen atoms in total. The van der Waals surface area contributed by atoms with Crippen LogP contribution in [0, 0.1) is 0 Å². The first-order chi connectivity index (χ1) is 10.7. The maximum Gasteiger partial charge on any atom is 0.319 e. The molecule has 1 atom stereocenters. The molecule has 0 radical (unpaired) electrons. The van der Waals surface area contributed by atoms with Gasteiger partial charge < -0.3 is 15.4 Å². The van der Waals surface area contributed by atoms with Crippen LogP contribution < -0.4 is 15.4 Å². The van der Waals surface area contributed by atoms with E-state index in [2.05, 4.69) is 17.6 Å². The van der Waals surface area contributed by atoms with Crippen molar-refractivity contribution in [2.75, 3.05) is 11.9 Å². The van der Waals surface area contributed by atoms with E-state index in [0.717, 1.165) is 23.4 Å². The fraction of sp³-hybridized carbons (Fsp3) is 0.278. The first-order valence-corrected chi connectivity index (χ1v) is 7.58. The summed E-state index contributed by atoms with van der Waals surface area (Å²) in [5.41, 5.74) is 1.84. The van der Waals surface area contributed by atoms with Gasteiger partial charge in [-0.25, -0.2) is 4.79 Å². The Kier molecular flexibility index (Phi) is 5.83. The smallest absolute Gasteiger partial charge is 0.319 e. The Morgan fingerprint density at radius 1 is 1.05 bits per heavy atom. The Bertz CT molecular complexity index is 582. The molecule has 2 aromatic carbocycles. The number of hydrogen-bond acceptors (Lipinski definition) is 2. The van der Waals surface area contributed by atoms with Crippen LogP contribution in [-0.2, 0) is 0 Å². The van der Waals surface area contributed by atoms with Gasteiger partial charge in [-0.2, -0.15) is 0 Å². The first kappa shape index (κ1) is 15.9. The number of nitrogens with one attached hydrogen (secondary N) is 2. The van der Waals surface area contributed by atoms with Crippen LogP contribution in [0.2, 0.25) is 0 Å². The van der Waals surface area contributed by atoms with Gasteiger partial charge in [0, 0.05) is 5.69 Å². The molecule has 0 bridgehead atoms. The molecule has 2 rings (SSSR count). The van der Waals surface area contributed by atoms with Crippen LogP contribution in [0.3, 0.4) is 0 Å². The maximum atomic E-state index is 12.1. The number of benzene rings is 2. The number of carbonyl (C=O) groups is 1. The van der Waals surface area contributed by atoms with Crippen LogP contribution in [0.5, 0.6) is 5.75 Å². The van der Waals surface area contributed by atoms with Crippen molar-refractivity contribution >= 4 is 11.7 Å². The monoisotopic (exact) mass is 298 g/mol. The average Bonchev–Trinajstić information content (AvgIpc) is 2.55. The van der Waals surface area contributed by atoms with Gasteiger partial charge in [0.25, 0.3) is 0 Å². The van der Waals surface area contributed by atoms with Gasteiger partial charge in [-0.3, -0.25) is 0 Å². The average molecular weight is 298 g/mol. The topological polar surface area (TPSA) is 50.4 Å². The normalized spacial score (nSPS) is 11.5. The molecule has 0 heterocycles. The molecule has 0 unspecified atom stereocenters. The summed E-state index contributed by atoms with van der Waals surface area (Å²) < 4.78 is 5.38. The highest BCUT2D eigenvalue weighted by Gasteiger charge is 2.12. The van der Waals surface area contributed by atoms with E-state index in [1.807, 2.05) is 61.5 Å². The van der Waals surface area contributed by atoms with Gasteiger partial charge in [-0.15, -0.1) is 0 Å². The van der Waals surface area contributed by atoms with Gasteiger partial charge in [0.15, 0.2) is 0 Å².